The van der Waals surface area contributed by atoms with Gasteiger partial charge in [-0.3, -0.25) is 5.32 Å². The number of ether oxygens (including phenoxy) is 1. The maximum atomic E-state index is 12.0. The molecule has 1 aromatic carbocycles. The molecule has 2 rings (SSSR count). The number of benzene rings is 1. The molecule has 86 valence electrons. The summed E-state index contributed by atoms with van der Waals surface area (Å²) in [5, 5.41) is 3.33. The molecule has 0 radical (unpaired) electrons. The van der Waals surface area contributed by atoms with E-state index in [1.54, 1.807) is 0 Å². The molecule has 1 aliphatic heterocycles. The average molecular weight is 219 g/mol. The van der Waals surface area contributed by atoms with Crippen molar-refractivity contribution in [3.05, 3.63) is 35.9 Å². The van der Waals surface area contributed by atoms with Crippen LogP contribution >= 0.6 is 0 Å². The minimum atomic E-state index is -0.631. The molecule has 1 aromatic rings. The van der Waals surface area contributed by atoms with Crippen LogP contribution in [0.1, 0.15) is 24.8 Å². The van der Waals surface area contributed by atoms with Crippen molar-refractivity contribution in [2.45, 2.75) is 24.8 Å². The Balaban J connectivity index is 2.38. The first-order valence-electron chi connectivity index (χ1n) is 5.68. The molecule has 16 heavy (non-hydrogen) atoms. The van der Waals surface area contributed by atoms with E-state index < -0.39 is 5.54 Å². The van der Waals surface area contributed by atoms with Crippen LogP contribution in [-0.4, -0.2) is 19.6 Å². The van der Waals surface area contributed by atoms with E-state index in [2.05, 4.69) is 5.32 Å². The Bertz CT molecular complexity index is 355. The molecule has 3 nitrogen and oxygen atoms in total. The lowest BCUT2D eigenvalue weighted by molar-refractivity contribution is -0.150. The predicted octanol–water partition coefficient (Wildman–Crippen LogP) is 1.83. The number of carbonyl (C=O) groups excluding carboxylic acids is 1. The molecule has 3 heteroatoms. The molecule has 0 saturated carbocycles. The van der Waals surface area contributed by atoms with Crippen molar-refractivity contribution < 1.29 is 9.53 Å². The second kappa shape index (κ2) is 4.66. The standard InChI is InChI=1S/C13H17NO2/c1-16-12(15)13(9-5-6-10-14-13)11-7-3-2-4-8-11/h2-4,7-8,14H,5-6,9-10H2,1H3. The van der Waals surface area contributed by atoms with Crippen molar-refractivity contribution in [2.75, 3.05) is 13.7 Å². The van der Waals surface area contributed by atoms with Gasteiger partial charge in [-0.15, -0.1) is 0 Å². The minimum Gasteiger partial charge on any atom is -0.467 e. The van der Waals surface area contributed by atoms with Crippen molar-refractivity contribution in [3.8, 4) is 0 Å². The summed E-state index contributed by atoms with van der Waals surface area (Å²) in [6.45, 7) is 0.865. The number of piperidine rings is 1. The highest BCUT2D eigenvalue weighted by atomic mass is 16.5. The van der Waals surface area contributed by atoms with Crippen LogP contribution in [0.2, 0.25) is 0 Å². The normalized spacial score (nSPS) is 25.1. The predicted molar refractivity (Wildman–Crippen MR) is 62.0 cm³/mol. The SMILES string of the molecule is COC(=O)C1(c2ccccc2)CCCCN1. The molecule has 0 bridgehead atoms. The van der Waals surface area contributed by atoms with Crippen LogP contribution in [0.4, 0.5) is 0 Å². The van der Waals surface area contributed by atoms with Crippen LogP contribution in [0.3, 0.4) is 0 Å². The van der Waals surface area contributed by atoms with Gasteiger partial charge in [-0.2, -0.15) is 0 Å². The molecule has 0 spiro atoms. The van der Waals surface area contributed by atoms with Gasteiger partial charge in [0.05, 0.1) is 7.11 Å². The van der Waals surface area contributed by atoms with Crippen LogP contribution < -0.4 is 5.32 Å². The summed E-state index contributed by atoms with van der Waals surface area (Å²) in [5.74, 6) is -0.182. The van der Waals surface area contributed by atoms with Gasteiger partial charge in [0.2, 0.25) is 0 Å². The third kappa shape index (κ3) is 1.83. The van der Waals surface area contributed by atoms with Crippen LogP contribution in [0, 0.1) is 0 Å². The fourth-order valence-corrected chi connectivity index (χ4v) is 2.34. The highest BCUT2D eigenvalue weighted by Crippen LogP contribution is 2.31. The van der Waals surface area contributed by atoms with Crippen molar-refractivity contribution in [1.82, 2.24) is 5.32 Å². The first-order chi connectivity index (χ1) is 7.79. The summed E-state index contributed by atoms with van der Waals surface area (Å²) in [6.07, 6.45) is 2.98. The molecule has 1 atom stereocenters. The maximum absolute atomic E-state index is 12.0. The number of nitrogens with one attached hydrogen (secondary N) is 1. The Kier molecular flexibility index (Phi) is 3.25. The van der Waals surface area contributed by atoms with E-state index in [0.717, 1.165) is 31.4 Å². The fraction of sp³-hybridized carbons (Fsp3) is 0.462. The van der Waals surface area contributed by atoms with Crippen molar-refractivity contribution in [1.29, 1.82) is 0 Å². The summed E-state index contributed by atoms with van der Waals surface area (Å²) in [5.41, 5.74) is 0.371. The van der Waals surface area contributed by atoms with Crippen LogP contribution in [0.5, 0.6) is 0 Å². The zero-order chi connectivity index (χ0) is 11.4. The highest BCUT2D eigenvalue weighted by molar-refractivity contribution is 5.82. The van der Waals surface area contributed by atoms with E-state index in [9.17, 15) is 4.79 Å². The largest absolute Gasteiger partial charge is 0.467 e. The molecule has 0 aromatic heterocycles. The molecule has 1 fully saturated rings. The topological polar surface area (TPSA) is 38.3 Å². The van der Waals surface area contributed by atoms with Gasteiger partial charge in [-0.05, 0) is 31.4 Å². The van der Waals surface area contributed by atoms with Crippen molar-refractivity contribution >= 4 is 5.97 Å². The van der Waals surface area contributed by atoms with E-state index in [1.165, 1.54) is 7.11 Å². The molecule has 1 saturated heterocycles. The van der Waals surface area contributed by atoms with E-state index in [4.69, 9.17) is 4.74 Å². The molecule has 1 heterocycles. The van der Waals surface area contributed by atoms with Crippen LogP contribution in [0.15, 0.2) is 30.3 Å². The van der Waals surface area contributed by atoms with Gasteiger partial charge in [-0.25, -0.2) is 4.79 Å². The van der Waals surface area contributed by atoms with Crippen molar-refractivity contribution in [3.63, 3.8) is 0 Å². The first kappa shape index (κ1) is 11.1. The molecule has 1 N–H and O–H groups in total. The number of hydrogen-bond donors (Lipinski definition) is 1. The van der Waals surface area contributed by atoms with E-state index in [1.807, 2.05) is 30.3 Å². The van der Waals surface area contributed by atoms with Crippen LogP contribution in [0.25, 0.3) is 0 Å². The number of carbonyl (C=O) groups is 1. The third-order valence-corrected chi connectivity index (χ3v) is 3.21. The van der Waals surface area contributed by atoms with Gasteiger partial charge in [0.1, 0.15) is 5.54 Å². The molecule has 0 aliphatic carbocycles. The van der Waals surface area contributed by atoms with Gasteiger partial charge in [0, 0.05) is 0 Å². The third-order valence-electron chi connectivity index (χ3n) is 3.21. The van der Waals surface area contributed by atoms with E-state index in [-0.39, 0.29) is 5.97 Å². The second-order valence-electron chi connectivity index (χ2n) is 4.15. The van der Waals surface area contributed by atoms with E-state index in [0.29, 0.717) is 0 Å². The molecular weight excluding hydrogens is 202 g/mol. The maximum Gasteiger partial charge on any atom is 0.330 e. The summed E-state index contributed by atoms with van der Waals surface area (Å²) >= 11 is 0. The first-order valence-corrected chi connectivity index (χ1v) is 5.68. The number of esters is 1. The smallest absolute Gasteiger partial charge is 0.330 e. The molecule has 1 unspecified atom stereocenters. The number of rotatable bonds is 2. The van der Waals surface area contributed by atoms with Gasteiger partial charge in [0.25, 0.3) is 0 Å². The fourth-order valence-electron chi connectivity index (χ4n) is 2.34. The lowest BCUT2D eigenvalue weighted by Crippen LogP contribution is -2.52. The molecular formula is C13H17NO2. The summed E-state index contributed by atoms with van der Waals surface area (Å²) in [7, 11) is 1.45. The molecule has 0 amide bonds. The second-order valence-corrected chi connectivity index (χ2v) is 4.15. The lowest BCUT2D eigenvalue weighted by atomic mass is 9.82. The van der Waals surface area contributed by atoms with Crippen molar-refractivity contribution in [2.24, 2.45) is 0 Å². The number of hydrogen-bond acceptors (Lipinski definition) is 3. The number of methoxy groups -OCH3 is 1. The van der Waals surface area contributed by atoms with Gasteiger partial charge in [-0.1, -0.05) is 30.3 Å². The Morgan fingerprint density at radius 3 is 2.62 bits per heavy atom. The highest BCUT2D eigenvalue weighted by Gasteiger charge is 2.41. The zero-order valence-corrected chi connectivity index (χ0v) is 9.53. The average Bonchev–Trinajstić information content (AvgIpc) is 2.39. The Hall–Kier alpha value is -1.35. The van der Waals surface area contributed by atoms with Gasteiger partial charge in [0.15, 0.2) is 0 Å². The van der Waals surface area contributed by atoms with Gasteiger partial charge >= 0.3 is 5.97 Å². The summed E-state index contributed by atoms with van der Waals surface area (Å²) in [6, 6.07) is 9.83. The zero-order valence-electron chi connectivity index (χ0n) is 9.53. The Labute approximate surface area is 95.8 Å². The lowest BCUT2D eigenvalue weighted by Gasteiger charge is -2.36. The quantitative estimate of drug-likeness (QED) is 0.771. The monoisotopic (exact) mass is 219 g/mol. The Morgan fingerprint density at radius 2 is 2.06 bits per heavy atom. The van der Waals surface area contributed by atoms with Gasteiger partial charge < -0.3 is 4.74 Å². The van der Waals surface area contributed by atoms with E-state index >= 15 is 0 Å². The molecule has 1 aliphatic rings. The summed E-state index contributed by atoms with van der Waals surface area (Å²) in [4.78, 5) is 12.0. The van der Waals surface area contributed by atoms with Crippen LogP contribution in [-0.2, 0) is 15.1 Å². The minimum absolute atomic E-state index is 0.182. The Morgan fingerprint density at radius 1 is 1.31 bits per heavy atom. The summed E-state index contributed by atoms with van der Waals surface area (Å²) < 4.78 is 4.95.